The van der Waals surface area contributed by atoms with Gasteiger partial charge in [-0.3, -0.25) is 0 Å². The molecule has 0 amide bonds. The van der Waals surface area contributed by atoms with Crippen LogP contribution in [0, 0.1) is 71.0 Å². The van der Waals surface area contributed by atoms with Crippen LogP contribution in [0.5, 0.6) is 0 Å². The van der Waals surface area contributed by atoms with Gasteiger partial charge in [0.15, 0.2) is 0 Å². The smallest absolute Gasteiger partial charge is 0.426 e. The molecule has 0 heterocycles. The number of ether oxygens (including phenoxy) is 2. The Labute approximate surface area is 317 Å². The first kappa shape index (κ1) is 43.4. The van der Waals surface area contributed by atoms with Crippen LogP contribution in [-0.2, 0) is 14.3 Å². The summed E-state index contributed by atoms with van der Waals surface area (Å²) < 4.78 is 189. The average molecular weight is 827 g/mol. The Morgan fingerprint density at radius 1 is 0.500 bits per heavy atom. The summed E-state index contributed by atoms with van der Waals surface area (Å²) in [4.78, 5) is 12.6. The van der Waals surface area contributed by atoms with Gasteiger partial charge in [-0.2, -0.15) is 52.7 Å². The highest BCUT2D eigenvalue weighted by molar-refractivity contribution is 5.81. The van der Waals surface area contributed by atoms with Gasteiger partial charge in [0, 0.05) is 17.9 Å². The van der Waals surface area contributed by atoms with Crippen LogP contribution in [0.1, 0.15) is 89.9 Å². The molecule has 0 radical (unpaired) electrons. The number of hydrogen-bond acceptors (Lipinski definition) is 5. The van der Waals surface area contributed by atoms with E-state index in [0.717, 1.165) is 12.3 Å². The summed E-state index contributed by atoms with van der Waals surface area (Å²) in [5.41, 5.74) is -10.2. The quantitative estimate of drug-likeness (QED) is 0.116. The second kappa shape index (κ2) is 15.1. The SMILES string of the molecule is C=COC1C2CCCCC2C(C(O)(C(F)(F)F)C(F)(F)F)C2CC(C3CCC4C(C3)C(C(O)(C(F)(F)F)C(F)(F)F)C3CCCCC3C4OC(=O)C=C)CCC21. The molecule has 0 bridgehead atoms. The summed E-state index contributed by atoms with van der Waals surface area (Å²) in [6.07, 6.45) is -23.0. The molecular formula is C39H50F12O5. The van der Waals surface area contributed by atoms with Gasteiger partial charge in [0.2, 0.25) is 0 Å². The zero-order valence-electron chi connectivity index (χ0n) is 30.7. The molecule has 14 atom stereocenters. The van der Waals surface area contributed by atoms with Gasteiger partial charge in [-0.25, -0.2) is 4.79 Å². The Bertz CT molecular complexity index is 1410. The van der Waals surface area contributed by atoms with Crippen molar-refractivity contribution in [3.8, 4) is 0 Å². The van der Waals surface area contributed by atoms with Crippen molar-refractivity contribution in [3.05, 3.63) is 25.5 Å². The van der Waals surface area contributed by atoms with Crippen LogP contribution >= 0.6 is 0 Å². The highest BCUT2D eigenvalue weighted by atomic mass is 19.4. The molecule has 0 spiro atoms. The van der Waals surface area contributed by atoms with Crippen LogP contribution < -0.4 is 0 Å². The number of carbonyl (C=O) groups excluding carboxylic acids is 1. The summed E-state index contributed by atoms with van der Waals surface area (Å²) in [5.74, 6) is -16.3. The lowest BCUT2D eigenvalue weighted by molar-refractivity contribution is -0.404. The number of aliphatic hydroxyl groups is 2. The number of hydrogen-bond donors (Lipinski definition) is 2. The Morgan fingerprint density at radius 2 is 0.839 bits per heavy atom. The molecule has 0 aromatic heterocycles. The summed E-state index contributed by atoms with van der Waals surface area (Å²) in [6.45, 7) is 6.94. The van der Waals surface area contributed by atoms with E-state index in [1.807, 2.05) is 0 Å². The van der Waals surface area contributed by atoms with Crippen LogP contribution in [0.25, 0.3) is 0 Å². The third-order valence-corrected chi connectivity index (χ3v) is 15.3. The van der Waals surface area contributed by atoms with E-state index < -0.39 is 125 Å². The van der Waals surface area contributed by atoms with E-state index in [9.17, 15) is 67.7 Å². The van der Waals surface area contributed by atoms with Gasteiger partial charge in [-0.1, -0.05) is 38.8 Å². The molecule has 0 saturated heterocycles. The van der Waals surface area contributed by atoms with E-state index in [-0.39, 0.29) is 70.6 Å². The lowest BCUT2D eigenvalue weighted by Crippen LogP contribution is -2.70. The molecule has 5 nitrogen and oxygen atoms in total. The van der Waals surface area contributed by atoms with Crippen molar-refractivity contribution in [2.75, 3.05) is 0 Å². The van der Waals surface area contributed by atoms with Crippen LogP contribution in [-0.4, -0.2) is 64.3 Å². The fraction of sp³-hybridized carbons (Fsp3) is 0.872. The first-order chi connectivity index (χ1) is 25.9. The number of fused-ring (bicyclic) bond motifs is 4. The number of esters is 1. The monoisotopic (exact) mass is 826 g/mol. The summed E-state index contributed by atoms with van der Waals surface area (Å²) in [6, 6.07) is 0. The summed E-state index contributed by atoms with van der Waals surface area (Å²) >= 11 is 0. The van der Waals surface area contributed by atoms with E-state index in [0.29, 0.717) is 19.3 Å². The molecule has 6 aliphatic rings. The zero-order valence-corrected chi connectivity index (χ0v) is 30.7. The van der Waals surface area contributed by atoms with Crippen molar-refractivity contribution in [1.29, 1.82) is 0 Å². The highest BCUT2D eigenvalue weighted by Gasteiger charge is 2.79. The number of halogens is 12. The molecule has 2 N–H and O–H groups in total. The fourth-order valence-electron chi connectivity index (χ4n) is 13.4. The van der Waals surface area contributed by atoms with Crippen LogP contribution in [0.3, 0.4) is 0 Å². The van der Waals surface area contributed by atoms with Crippen molar-refractivity contribution >= 4 is 5.97 Å². The molecule has 14 unspecified atom stereocenters. The molecule has 6 rings (SSSR count). The van der Waals surface area contributed by atoms with Crippen LogP contribution in [0.4, 0.5) is 52.7 Å². The minimum atomic E-state index is -6.16. The van der Waals surface area contributed by atoms with Gasteiger partial charge in [0.1, 0.15) is 12.2 Å². The first-order valence-electron chi connectivity index (χ1n) is 19.7. The van der Waals surface area contributed by atoms with Gasteiger partial charge >= 0.3 is 30.7 Å². The maximum absolute atomic E-state index is 14.8. The molecule has 6 aliphatic carbocycles. The Balaban J connectivity index is 1.42. The van der Waals surface area contributed by atoms with Gasteiger partial charge in [0.05, 0.1) is 6.26 Å². The van der Waals surface area contributed by atoms with E-state index in [4.69, 9.17) is 9.47 Å². The fourth-order valence-corrected chi connectivity index (χ4v) is 13.4. The second-order valence-corrected chi connectivity index (χ2v) is 17.5. The topological polar surface area (TPSA) is 76.0 Å². The maximum atomic E-state index is 14.8. The van der Waals surface area contributed by atoms with Gasteiger partial charge in [-0.15, -0.1) is 0 Å². The zero-order chi connectivity index (χ0) is 41.4. The second-order valence-electron chi connectivity index (χ2n) is 17.5. The lowest BCUT2D eigenvalue weighted by Gasteiger charge is -2.61. The van der Waals surface area contributed by atoms with Gasteiger partial charge in [0.25, 0.3) is 11.2 Å². The summed E-state index contributed by atoms with van der Waals surface area (Å²) in [7, 11) is 0. The van der Waals surface area contributed by atoms with Gasteiger partial charge in [-0.05, 0) is 123 Å². The van der Waals surface area contributed by atoms with E-state index in [1.54, 1.807) is 0 Å². The number of alkyl halides is 12. The van der Waals surface area contributed by atoms with Crippen molar-refractivity contribution in [1.82, 2.24) is 0 Å². The molecule has 0 aromatic carbocycles. The van der Waals surface area contributed by atoms with E-state index in [1.165, 1.54) is 0 Å². The highest BCUT2D eigenvalue weighted by Crippen LogP contribution is 2.67. The van der Waals surface area contributed by atoms with E-state index in [2.05, 4.69) is 13.2 Å². The molecule has 6 fully saturated rings. The van der Waals surface area contributed by atoms with Crippen molar-refractivity contribution in [2.45, 2.75) is 138 Å². The Hall–Kier alpha value is -2.17. The third kappa shape index (κ3) is 6.95. The molecule has 320 valence electrons. The minimum Gasteiger partial charge on any atom is -0.498 e. The average Bonchev–Trinajstić information content (AvgIpc) is 3.11. The number of rotatable bonds is 7. The van der Waals surface area contributed by atoms with Crippen LogP contribution in [0.15, 0.2) is 25.5 Å². The van der Waals surface area contributed by atoms with Crippen molar-refractivity contribution in [3.63, 3.8) is 0 Å². The normalized spacial score (nSPS) is 39.9. The third-order valence-electron chi connectivity index (χ3n) is 15.3. The maximum Gasteiger partial charge on any atom is 0.426 e. The molecule has 0 aliphatic heterocycles. The molecule has 6 saturated carbocycles. The molecule has 0 aromatic rings. The molecule has 56 heavy (non-hydrogen) atoms. The standard InChI is InChI=1S/C39H50F12O5/c1-3-29(52)56-33-24-12-8-6-10-22(24)31(35(54,38(46,47)48)39(49,50)51)28-18-20(14-16-26(28)33)19-13-15-25-27(17-19)30(34(53,36(40,41)42)37(43,44)45)21-9-5-7-11-23(21)32(25)55-4-2/h3-4,19-28,30-33,53-54H,1-2,5-18H2. The van der Waals surface area contributed by atoms with Gasteiger partial charge < -0.3 is 19.7 Å². The Morgan fingerprint density at radius 3 is 1.20 bits per heavy atom. The van der Waals surface area contributed by atoms with Crippen molar-refractivity contribution < 1.29 is 77.2 Å². The largest absolute Gasteiger partial charge is 0.498 e. The summed E-state index contributed by atoms with van der Waals surface area (Å²) in [5, 5.41) is 22.1. The molecular weight excluding hydrogens is 776 g/mol. The number of carbonyl (C=O) groups is 1. The first-order valence-corrected chi connectivity index (χ1v) is 19.7. The predicted molar refractivity (Wildman–Crippen MR) is 176 cm³/mol. The van der Waals surface area contributed by atoms with Crippen LogP contribution in [0.2, 0.25) is 0 Å². The van der Waals surface area contributed by atoms with E-state index >= 15 is 0 Å². The minimum absolute atomic E-state index is 0.0373. The van der Waals surface area contributed by atoms with Crippen molar-refractivity contribution in [2.24, 2.45) is 71.0 Å². The Kier molecular flexibility index (Phi) is 11.7. The molecule has 17 heteroatoms. The lowest BCUT2D eigenvalue weighted by atomic mass is 9.46. The predicted octanol–water partition coefficient (Wildman–Crippen LogP) is 10.3.